The molecular formula is C31H33FN6O. The molecule has 1 aliphatic rings. The van der Waals surface area contributed by atoms with Gasteiger partial charge in [0, 0.05) is 30.9 Å². The molecule has 4 heterocycles. The lowest BCUT2D eigenvalue weighted by Crippen LogP contribution is -2.37. The Hall–Kier alpha value is -4.59. The maximum absolute atomic E-state index is 12.7. The molecule has 39 heavy (non-hydrogen) atoms. The molecule has 1 amide bonds. The summed E-state index contributed by atoms with van der Waals surface area (Å²) in [7, 11) is 0. The number of carbonyl (C=O) groups excluding carboxylic acids is 1. The van der Waals surface area contributed by atoms with Crippen molar-refractivity contribution >= 4 is 17.4 Å². The minimum atomic E-state index is -0.178. The van der Waals surface area contributed by atoms with Gasteiger partial charge >= 0.3 is 0 Å². The van der Waals surface area contributed by atoms with Crippen LogP contribution >= 0.6 is 0 Å². The molecule has 8 heteroatoms. The van der Waals surface area contributed by atoms with Crippen molar-refractivity contribution in [3.05, 3.63) is 115 Å². The molecule has 0 bridgehead atoms. The van der Waals surface area contributed by atoms with Crippen molar-refractivity contribution in [2.75, 3.05) is 18.0 Å². The van der Waals surface area contributed by atoms with E-state index in [1.54, 1.807) is 30.5 Å². The van der Waals surface area contributed by atoms with Gasteiger partial charge in [0.25, 0.3) is 5.91 Å². The first-order valence-corrected chi connectivity index (χ1v) is 13.2. The highest BCUT2D eigenvalue weighted by atomic mass is 19.1. The lowest BCUT2D eigenvalue weighted by atomic mass is 10.1. The number of carbonyl (C=O) groups is 1. The van der Waals surface area contributed by atoms with Crippen LogP contribution in [0.25, 0.3) is 16.8 Å². The smallest absolute Gasteiger partial charge is 0.270 e. The van der Waals surface area contributed by atoms with Crippen molar-refractivity contribution < 1.29 is 9.18 Å². The third kappa shape index (κ3) is 7.04. The second-order valence-electron chi connectivity index (χ2n) is 8.86. The fraction of sp³-hybridized carbons (Fsp3) is 0.226. The molecule has 1 fully saturated rings. The predicted octanol–water partition coefficient (Wildman–Crippen LogP) is 5.96. The van der Waals surface area contributed by atoms with E-state index < -0.39 is 0 Å². The Morgan fingerprint density at radius 3 is 2.23 bits per heavy atom. The monoisotopic (exact) mass is 524 g/mol. The van der Waals surface area contributed by atoms with Crippen LogP contribution in [0.2, 0.25) is 0 Å². The van der Waals surface area contributed by atoms with Crippen LogP contribution in [0.3, 0.4) is 0 Å². The molecule has 0 unspecified atom stereocenters. The number of amides is 1. The zero-order chi connectivity index (χ0) is 27.6. The van der Waals surface area contributed by atoms with Gasteiger partial charge in [-0.05, 0) is 49.2 Å². The molecule has 6 rings (SSSR count). The van der Waals surface area contributed by atoms with Crippen LogP contribution in [0.1, 0.15) is 36.5 Å². The van der Waals surface area contributed by atoms with E-state index >= 15 is 0 Å². The first kappa shape index (κ1) is 27.4. The Kier molecular flexibility index (Phi) is 9.34. The molecule has 1 N–H and O–H groups in total. The van der Waals surface area contributed by atoms with Crippen LogP contribution in [0.4, 0.5) is 10.2 Å². The first-order valence-electron chi connectivity index (χ1n) is 13.2. The highest BCUT2D eigenvalue weighted by molar-refractivity contribution is 5.92. The Bertz CT molecular complexity index is 1470. The maximum Gasteiger partial charge on any atom is 0.270 e. The molecule has 0 radical (unpaired) electrons. The molecule has 0 spiro atoms. The van der Waals surface area contributed by atoms with Crippen LogP contribution in [0.5, 0.6) is 0 Å². The zero-order valence-corrected chi connectivity index (χ0v) is 22.5. The zero-order valence-electron chi connectivity index (χ0n) is 22.5. The summed E-state index contributed by atoms with van der Waals surface area (Å²) in [4.78, 5) is 23.5. The van der Waals surface area contributed by atoms with Crippen molar-refractivity contribution in [2.45, 2.75) is 33.2 Å². The van der Waals surface area contributed by atoms with Crippen LogP contribution in [-0.2, 0) is 0 Å². The van der Waals surface area contributed by atoms with E-state index in [2.05, 4.69) is 25.3 Å². The molecule has 7 nitrogen and oxygen atoms in total. The summed E-state index contributed by atoms with van der Waals surface area (Å²) in [6, 6.07) is 25.7. The Labute approximate surface area is 228 Å². The summed E-state index contributed by atoms with van der Waals surface area (Å²) in [5.74, 6) is 0.573. The summed E-state index contributed by atoms with van der Waals surface area (Å²) < 4.78 is 13.8. The number of nitrogens with zero attached hydrogens (tertiary/aromatic N) is 5. The Balaban J connectivity index is 0.000000338. The number of imidazole rings is 1. The number of fused-ring (bicyclic) bond motifs is 1. The molecule has 3 aromatic heterocycles. The van der Waals surface area contributed by atoms with Crippen LogP contribution in [0, 0.1) is 12.7 Å². The normalized spacial score (nSPS) is 14.2. The third-order valence-corrected chi connectivity index (χ3v) is 6.20. The van der Waals surface area contributed by atoms with Gasteiger partial charge < -0.3 is 10.2 Å². The number of pyridine rings is 1. The SMILES string of the molecule is CC.Cc1cnc2ccc(N3CC[C@H](NC(=O)c4ccc(-c5ccccc5)cn4)C3)nn12.Fc1ccccc1. The molecule has 1 atom stereocenters. The van der Waals surface area contributed by atoms with E-state index in [0.29, 0.717) is 5.69 Å². The highest BCUT2D eigenvalue weighted by Gasteiger charge is 2.26. The summed E-state index contributed by atoms with van der Waals surface area (Å²) in [5.41, 5.74) is 4.35. The molecule has 0 saturated carbocycles. The van der Waals surface area contributed by atoms with Gasteiger partial charge in [-0.25, -0.2) is 13.9 Å². The van der Waals surface area contributed by atoms with E-state index in [4.69, 9.17) is 0 Å². The predicted molar refractivity (Wildman–Crippen MR) is 153 cm³/mol. The highest BCUT2D eigenvalue weighted by Crippen LogP contribution is 2.20. The fourth-order valence-electron chi connectivity index (χ4n) is 4.24. The summed E-state index contributed by atoms with van der Waals surface area (Å²) in [6.07, 6.45) is 4.43. The van der Waals surface area contributed by atoms with Crippen molar-refractivity contribution in [3.8, 4) is 11.1 Å². The number of aromatic nitrogens is 4. The van der Waals surface area contributed by atoms with E-state index in [9.17, 15) is 9.18 Å². The average molecular weight is 525 g/mol. The van der Waals surface area contributed by atoms with E-state index in [1.807, 2.05) is 80.0 Å². The standard InChI is InChI=1S/C23H22N6O.C6H5F.C2H6/c1-16-13-25-21-9-10-22(27-29(16)21)28-12-11-19(15-28)26-23(30)20-8-7-18(14-24-20)17-5-3-2-4-6-17;7-6-4-2-1-3-5-6;1-2/h2-10,13-14,19H,11-12,15H2,1H3,(H,26,30);1-5H;1-2H3/t19-;;/m0../s1. The van der Waals surface area contributed by atoms with Crippen molar-refractivity contribution in [3.63, 3.8) is 0 Å². The van der Waals surface area contributed by atoms with Crippen molar-refractivity contribution in [1.82, 2.24) is 24.9 Å². The van der Waals surface area contributed by atoms with Crippen molar-refractivity contribution in [1.29, 1.82) is 0 Å². The minimum absolute atomic E-state index is 0.0643. The molecule has 5 aromatic rings. The number of halogens is 1. The number of rotatable bonds is 4. The van der Waals surface area contributed by atoms with Crippen LogP contribution in [-0.4, -0.2) is 44.6 Å². The van der Waals surface area contributed by atoms with E-state index in [0.717, 1.165) is 47.8 Å². The minimum Gasteiger partial charge on any atom is -0.353 e. The fourth-order valence-corrected chi connectivity index (χ4v) is 4.24. The van der Waals surface area contributed by atoms with Crippen LogP contribution in [0.15, 0.2) is 97.3 Å². The second kappa shape index (κ2) is 13.3. The number of nitrogens with one attached hydrogen (secondary N) is 1. The van der Waals surface area contributed by atoms with Crippen LogP contribution < -0.4 is 10.2 Å². The average Bonchev–Trinajstić information content (AvgIpc) is 3.61. The molecule has 1 aliphatic heterocycles. The van der Waals surface area contributed by atoms with Gasteiger partial charge in [-0.1, -0.05) is 68.4 Å². The number of benzene rings is 2. The lowest BCUT2D eigenvalue weighted by Gasteiger charge is -2.18. The molecule has 1 saturated heterocycles. The second-order valence-corrected chi connectivity index (χ2v) is 8.86. The Morgan fingerprint density at radius 2 is 1.59 bits per heavy atom. The summed E-state index contributed by atoms with van der Waals surface area (Å²) in [6.45, 7) is 7.55. The summed E-state index contributed by atoms with van der Waals surface area (Å²) in [5, 5.41) is 7.79. The Morgan fingerprint density at radius 1 is 0.872 bits per heavy atom. The topological polar surface area (TPSA) is 75.4 Å². The molecule has 200 valence electrons. The van der Waals surface area contributed by atoms with Gasteiger partial charge in [-0.2, -0.15) is 0 Å². The maximum atomic E-state index is 12.7. The van der Waals surface area contributed by atoms with Gasteiger partial charge in [0.2, 0.25) is 0 Å². The molecule has 2 aromatic carbocycles. The quantitative estimate of drug-likeness (QED) is 0.314. The number of aryl methyl sites for hydroxylation is 1. The number of hydrogen-bond acceptors (Lipinski definition) is 5. The first-order chi connectivity index (χ1) is 19.1. The lowest BCUT2D eigenvalue weighted by molar-refractivity contribution is 0.0935. The van der Waals surface area contributed by atoms with Gasteiger partial charge in [-0.15, -0.1) is 5.10 Å². The van der Waals surface area contributed by atoms with Gasteiger partial charge in [0.15, 0.2) is 5.65 Å². The largest absolute Gasteiger partial charge is 0.353 e. The third-order valence-electron chi connectivity index (χ3n) is 6.20. The van der Waals surface area contributed by atoms with E-state index in [1.165, 1.54) is 12.1 Å². The molecule has 0 aliphatic carbocycles. The number of anilines is 1. The van der Waals surface area contributed by atoms with Crippen molar-refractivity contribution in [2.24, 2.45) is 0 Å². The molecular weight excluding hydrogens is 491 g/mol. The van der Waals surface area contributed by atoms with Gasteiger partial charge in [0.05, 0.1) is 11.9 Å². The van der Waals surface area contributed by atoms with E-state index in [-0.39, 0.29) is 17.8 Å². The van der Waals surface area contributed by atoms with Gasteiger partial charge in [0.1, 0.15) is 17.3 Å². The number of hydrogen-bond donors (Lipinski definition) is 1. The summed E-state index contributed by atoms with van der Waals surface area (Å²) >= 11 is 0. The van der Waals surface area contributed by atoms with Gasteiger partial charge in [-0.3, -0.25) is 9.78 Å².